The fourth-order valence-electron chi connectivity index (χ4n) is 2.86. The van der Waals surface area contributed by atoms with Crippen molar-refractivity contribution < 1.29 is 19.3 Å². The molecule has 23 heavy (non-hydrogen) atoms. The lowest BCUT2D eigenvalue weighted by Gasteiger charge is -2.31. The molecule has 0 heterocycles. The minimum atomic E-state index is -1.37. The van der Waals surface area contributed by atoms with Crippen LogP contribution in [0.15, 0.2) is 36.9 Å². The van der Waals surface area contributed by atoms with Crippen LogP contribution in [0.3, 0.4) is 0 Å². The maximum absolute atomic E-state index is 12.2. The number of rotatable bonds is 8. The van der Waals surface area contributed by atoms with Gasteiger partial charge in [0.1, 0.15) is 5.75 Å². The van der Waals surface area contributed by atoms with Crippen LogP contribution in [-0.4, -0.2) is 19.1 Å². The number of carbonyl (C=O) groups is 1. The van der Waals surface area contributed by atoms with Crippen molar-refractivity contribution in [1.29, 1.82) is 0 Å². The Morgan fingerprint density at radius 1 is 1.30 bits per heavy atom. The quantitative estimate of drug-likeness (QED) is 0.454. The van der Waals surface area contributed by atoms with E-state index in [9.17, 15) is 4.79 Å². The number of carbonyl (C=O) groups excluding carboxylic acids is 1. The second-order valence-corrected chi connectivity index (χ2v) is 5.85. The summed E-state index contributed by atoms with van der Waals surface area (Å²) in [6.07, 6.45) is 7.16. The van der Waals surface area contributed by atoms with Gasteiger partial charge in [-0.25, -0.2) is 9.78 Å². The van der Waals surface area contributed by atoms with Crippen LogP contribution in [-0.2, 0) is 20.2 Å². The molecule has 2 rings (SSSR count). The summed E-state index contributed by atoms with van der Waals surface area (Å²) in [4.78, 5) is 23.4. The van der Waals surface area contributed by atoms with Crippen molar-refractivity contribution in [3.05, 3.63) is 42.5 Å². The van der Waals surface area contributed by atoms with Crippen molar-refractivity contribution in [2.75, 3.05) is 7.11 Å². The number of methoxy groups -OCH3 is 1. The van der Waals surface area contributed by atoms with Gasteiger partial charge in [-0.05, 0) is 30.5 Å². The summed E-state index contributed by atoms with van der Waals surface area (Å²) in [5.41, 5.74) is 4.91. The average Bonchev–Trinajstić information content (AvgIpc) is 2.59. The van der Waals surface area contributed by atoms with Crippen LogP contribution in [0, 0.1) is 0 Å². The van der Waals surface area contributed by atoms with E-state index in [-0.39, 0.29) is 12.5 Å². The lowest BCUT2D eigenvalue weighted by molar-refractivity contribution is -0.381. The Labute approximate surface area is 137 Å². The predicted molar refractivity (Wildman–Crippen MR) is 87.7 cm³/mol. The largest absolute Gasteiger partial charge is 0.497 e. The summed E-state index contributed by atoms with van der Waals surface area (Å²) in [6, 6.07) is 7.05. The summed E-state index contributed by atoms with van der Waals surface area (Å²) >= 11 is 0. The van der Waals surface area contributed by atoms with E-state index in [1.807, 2.05) is 0 Å². The van der Waals surface area contributed by atoms with Crippen LogP contribution in [0.5, 0.6) is 5.75 Å². The van der Waals surface area contributed by atoms with E-state index in [1.54, 1.807) is 37.5 Å². The lowest BCUT2D eigenvalue weighted by Crippen LogP contribution is -2.44. The topological polar surface area (TPSA) is 70.8 Å². The first kappa shape index (κ1) is 17.5. The number of primary amides is 1. The molecule has 1 amide bonds. The third kappa shape index (κ3) is 4.12. The summed E-state index contributed by atoms with van der Waals surface area (Å²) < 4.78 is 5.15. The summed E-state index contributed by atoms with van der Waals surface area (Å²) in [7, 11) is 1.59. The van der Waals surface area contributed by atoms with Crippen LogP contribution < -0.4 is 10.5 Å². The fraction of sp³-hybridized carbons (Fsp3) is 0.500. The third-order valence-corrected chi connectivity index (χ3v) is 4.26. The molecule has 1 atom stereocenters. The minimum Gasteiger partial charge on any atom is -0.497 e. The Morgan fingerprint density at radius 2 is 1.96 bits per heavy atom. The first-order chi connectivity index (χ1) is 11.1. The maximum atomic E-state index is 12.2. The van der Waals surface area contributed by atoms with Gasteiger partial charge in [-0.15, -0.1) is 6.58 Å². The van der Waals surface area contributed by atoms with Gasteiger partial charge in [0.2, 0.25) is 5.60 Å². The molecule has 1 aromatic rings. The van der Waals surface area contributed by atoms with Crippen molar-refractivity contribution in [2.24, 2.45) is 5.73 Å². The Morgan fingerprint density at radius 3 is 2.48 bits per heavy atom. The van der Waals surface area contributed by atoms with E-state index in [1.165, 1.54) is 6.42 Å². The fourth-order valence-corrected chi connectivity index (χ4v) is 2.86. The van der Waals surface area contributed by atoms with Gasteiger partial charge in [-0.1, -0.05) is 37.5 Å². The van der Waals surface area contributed by atoms with Crippen LogP contribution >= 0.6 is 0 Å². The minimum absolute atomic E-state index is 0.00513. The SMILES string of the molecule is C=CCC(OOC1CCCCC1)(C(N)=O)c1ccc(OC)cc1. The van der Waals surface area contributed by atoms with Crippen molar-refractivity contribution in [1.82, 2.24) is 0 Å². The van der Waals surface area contributed by atoms with Gasteiger partial charge < -0.3 is 10.5 Å². The van der Waals surface area contributed by atoms with Crippen molar-refractivity contribution in [2.45, 2.75) is 50.2 Å². The molecule has 0 saturated heterocycles. The molecule has 5 nitrogen and oxygen atoms in total. The van der Waals surface area contributed by atoms with Gasteiger partial charge in [0.25, 0.3) is 5.91 Å². The zero-order chi connectivity index (χ0) is 16.7. The highest BCUT2D eigenvalue weighted by Crippen LogP contribution is 2.33. The standard InChI is InChI=1S/C18H25NO4/c1-3-13-18(17(19)20,14-9-11-15(21-2)12-10-14)23-22-16-7-5-4-6-8-16/h3,9-12,16H,1,4-8,13H2,2H3,(H2,19,20). The predicted octanol–water partition coefficient (Wildman–Crippen LogP) is 3.23. The first-order valence-electron chi connectivity index (χ1n) is 8.02. The van der Waals surface area contributed by atoms with E-state index in [0.29, 0.717) is 11.3 Å². The molecule has 0 aliphatic heterocycles. The molecule has 5 heteroatoms. The molecular formula is C18H25NO4. The highest BCUT2D eigenvalue weighted by Gasteiger charge is 2.41. The smallest absolute Gasteiger partial charge is 0.258 e. The number of hydrogen-bond acceptors (Lipinski definition) is 4. The summed E-state index contributed by atoms with van der Waals surface area (Å²) in [5.74, 6) is 0.0947. The molecule has 1 aromatic carbocycles. The molecule has 1 aliphatic rings. The molecule has 0 spiro atoms. The zero-order valence-corrected chi connectivity index (χ0v) is 13.6. The molecule has 0 bridgehead atoms. The van der Waals surface area contributed by atoms with Gasteiger partial charge in [0.05, 0.1) is 13.2 Å². The van der Waals surface area contributed by atoms with Gasteiger partial charge in [-0.2, -0.15) is 0 Å². The second kappa shape index (κ2) is 8.13. The zero-order valence-electron chi connectivity index (χ0n) is 13.6. The Kier molecular flexibility index (Phi) is 6.19. The van der Waals surface area contributed by atoms with E-state index < -0.39 is 11.5 Å². The Hall–Kier alpha value is -1.85. The monoisotopic (exact) mass is 319 g/mol. The second-order valence-electron chi connectivity index (χ2n) is 5.85. The first-order valence-corrected chi connectivity index (χ1v) is 8.02. The molecule has 1 saturated carbocycles. The van der Waals surface area contributed by atoms with E-state index in [2.05, 4.69) is 6.58 Å². The van der Waals surface area contributed by atoms with Crippen LogP contribution in [0.1, 0.15) is 44.1 Å². The van der Waals surface area contributed by atoms with Crippen LogP contribution in [0.2, 0.25) is 0 Å². The summed E-state index contributed by atoms with van der Waals surface area (Å²) in [6.45, 7) is 3.71. The lowest BCUT2D eigenvalue weighted by atomic mass is 9.89. The van der Waals surface area contributed by atoms with E-state index in [4.69, 9.17) is 20.2 Å². The molecule has 0 aromatic heterocycles. The maximum Gasteiger partial charge on any atom is 0.258 e. The van der Waals surface area contributed by atoms with E-state index >= 15 is 0 Å². The molecule has 0 radical (unpaired) electrons. The highest BCUT2D eigenvalue weighted by molar-refractivity contribution is 5.85. The Balaban J connectivity index is 2.22. The van der Waals surface area contributed by atoms with Gasteiger partial charge in [-0.3, -0.25) is 4.79 Å². The molecule has 2 N–H and O–H groups in total. The van der Waals surface area contributed by atoms with Crippen molar-refractivity contribution >= 4 is 5.91 Å². The van der Waals surface area contributed by atoms with Crippen LogP contribution in [0.4, 0.5) is 0 Å². The van der Waals surface area contributed by atoms with Gasteiger partial charge in [0.15, 0.2) is 0 Å². The van der Waals surface area contributed by atoms with E-state index in [0.717, 1.165) is 25.7 Å². The molecule has 1 aliphatic carbocycles. The summed E-state index contributed by atoms with van der Waals surface area (Å²) in [5, 5.41) is 0. The number of hydrogen-bond donors (Lipinski definition) is 1. The van der Waals surface area contributed by atoms with Gasteiger partial charge >= 0.3 is 0 Å². The molecule has 126 valence electrons. The number of benzene rings is 1. The highest BCUT2D eigenvalue weighted by atomic mass is 17.2. The van der Waals surface area contributed by atoms with Crippen molar-refractivity contribution in [3.8, 4) is 5.75 Å². The normalized spacial score (nSPS) is 18.1. The average molecular weight is 319 g/mol. The number of amides is 1. The van der Waals surface area contributed by atoms with Gasteiger partial charge in [0, 0.05) is 6.42 Å². The number of ether oxygens (including phenoxy) is 1. The van der Waals surface area contributed by atoms with Crippen molar-refractivity contribution in [3.63, 3.8) is 0 Å². The third-order valence-electron chi connectivity index (χ3n) is 4.26. The number of nitrogens with two attached hydrogens (primary N) is 1. The Bertz CT molecular complexity index is 522. The molecule has 1 fully saturated rings. The van der Waals surface area contributed by atoms with Crippen LogP contribution in [0.25, 0.3) is 0 Å². The molecule has 1 unspecified atom stereocenters. The molecular weight excluding hydrogens is 294 g/mol.